The maximum atomic E-state index is 13.1. The first-order valence-electron chi connectivity index (χ1n) is 9.96. The summed E-state index contributed by atoms with van der Waals surface area (Å²) in [4.78, 5) is 16.8. The van der Waals surface area contributed by atoms with E-state index in [1.54, 1.807) is 24.1 Å². The summed E-state index contributed by atoms with van der Waals surface area (Å²) in [6.45, 7) is 2.70. The Hall–Kier alpha value is -2.67. The van der Waals surface area contributed by atoms with Gasteiger partial charge in [-0.1, -0.05) is 36.8 Å². The van der Waals surface area contributed by atoms with E-state index in [1.165, 1.54) is 6.07 Å². The number of anilines is 1. The highest BCUT2D eigenvalue weighted by molar-refractivity contribution is 7.90. The molecule has 0 N–H and O–H groups in total. The summed E-state index contributed by atoms with van der Waals surface area (Å²) in [5.74, 6) is 0.397. The number of sulfonamides is 1. The van der Waals surface area contributed by atoms with Crippen molar-refractivity contribution in [2.75, 3.05) is 18.5 Å². The molecule has 4 rings (SSSR count). The molecule has 0 saturated carbocycles. The van der Waals surface area contributed by atoms with Gasteiger partial charge in [0, 0.05) is 25.6 Å². The predicted octanol–water partition coefficient (Wildman–Crippen LogP) is 4.00. The first-order chi connectivity index (χ1) is 13.9. The molecule has 0 radical (unpaired) electrons. The molecule has 2 aliphatic heterocycles. The van der Waals surface area contributed by atoms with Gasteiger partial charge in [-0.05, 0) is 43.5 Å². The van der Waals surface area contributed by atoms with Crippen LogP contribution < -0.4 is 4.90 Å². The first kappa shape index (κ1) is 19.6. The van der Waals surface area contributed by atoms with Crippen LogP contribution in [0.1, 0.15) is 54.6 Å². The van der Waals surface area contributed by atoms with Crippen molar-refractivity contribution >= 4 is 27.5 Å². The number of carbonyl (C=O) groups is 1. The normalized spacial score (nSPS) is 18.7. The zero-order chi connectivity index (χ0) is 20.6. The lowest BCUT2D eigenvalue weighted by atomic mass is 10.1. The van der Waals surface area contributed by atoms with Gasteiger partial charge >= 0.3 is 0 Å². The molecule has 6 nitrogen and oxygen atoms in total. The third-order valence-corrected chi connectivity index (χ3v) is 7.11. The van der Waals surface area contributed by atoms with Crippen molar-refractivity contribution in [1.29, 1.82) is 0 Å². The van der Waals surface area contributed by atoms with Crippen molar-refractivity contribution in [3.63, 3.8) is 0 Å². The number of rotatable bonds is 3. The van der Waals surface area contributed by atoms with Crippen LogP contribution in [0.4, 0.5) is 5.69 Å². The van der Waals surface area contributed by atoms with Crippen molar-refractivity contribution in [1.82, 2.24) is 4.90 Å². The van der Waals surface area contributed by atoms with Gasteiger partial charge in [0.25, 0.3) is 15.9 Å². The van der Waals surface area contributed by atoms with Crippen LogP contribution in [0, 0.1) is 0 Å². The van der Waals surface area contributed by atoms with Crippen LogP contribution in [0.3, 0.4) is 0 Å². The minimum absolute atomic E-state index is 0.120. The Morgan fingerprint density at radius 1 is 1.10 bits per heavy atom. The standard InChI is InChI=1S/C22H25N3O3S/c1-16(17-9-5-3-6-10-17)24(2)22(26)18-12-13-19-20(15-18)29(27,28)23-21-11-7-4-8-14-25(19)21/h3,5-6,9-10,12-13,15-16H,4,7-8,11,14H2,1-2H3. The fourth-order valence-electron chi connectivity index (χ4n) is 3.95. The Kier molecular flexibility index (Phi) is 5.17. The summed E-state index contributed by atoms with van der Waals surface area (Å²) in [5, 5.41) is 0. The van der Waals surface area contributed by atoms with Crippen LogP contribution in [0.2, 0.25) is 0 Å². The number of benzene rings is 2. The summed E-state index contributed by atoms with van der Waals surface area (Å²) in [6.07, 6.45) is 3.66. The van der Waals surface area contributed by atoms with E-state index in [4.69, 9.17) is 0 Å². The zero-order valence-corrected chi connectivity index (χ0v) is 17.5. The monoisotopic (exact) mass is 411 g/mol. The van der Waals surface area contributed by atoms with E-state index >= 15 is 0 Å². The van der Waals surface area contributed by atoms with E-state index in [0.29, 0.717) is 23.5 Å². The smallest absolute Gasteiger partial charge is 0.286 e. The Balaban J connectivity index is 1.68. The van der Waals surface area contributed by atoms with Crippen molar-refractivity contribution in [3.8, 4) is 0 Å². The van der Waals surface area contributed by atoms with Crippen LogP contribution in [0.15, 0.2) is 57.8 Å². The van der Waals surface area contributed by atoms with Crippen LogP contribution in [-0.2, 0) is 10.0 Å². The summed E-state index contributed by atoms with van der Waals surface area (Å²) >= 11 is 0. The zero-order valence-electron chi connectivity index (χ0n) is 16.7. The van der Waals surface area contributed by atoms with Crippen molar-refractivity contribution in [3.05, 3.63) is 59.7 Å². The number of carbonyl (C=O) groups excluding carboxylic acids is 1. The van der Waals surface area contributed by atoms with Gasteiger partial charge in [-0.3, -0.25) is 4.79 Å². The van der Waals surface area contributed by atoms with Crippen LogP contribution in [0.25, 0.3) is 0 Å². The van der Waals surface area contributed by atoms with Crippen LogP contribution in [0.5, 0.6) is 0 Å². The molecule has 1 atom stereocenters. The molecule has 2 aliphatic rings. The lowest BCUT2D eigenvalue weighted by Crippen LogP contribution is -2.35. The van der Waals surface area contributed by atoms with E-state index < -0.39 is 10.0 Å². The van der Waals surface area contributed by atoms with Gasteiger partial charge in [0.2, 0.25) is 0 Å². The number of amidine groups is 1. The summed E-state index contributed by atoms with van der Waals surface area (Å²) in [5.41, 5.74) is 2.01. The summed E-state index contributed by atoms with van der Waals surface area (Å²) in [6, 6.07) is 14.6. The molecule has 152 valence electrons. The first-order valence-corrected chi connectivity index (χ1v) is 11.4. The highest BCUT2D eigenvalue weighted by Gasteiger charge is 2.32. The number of fused-ring (bicyclic) bond motifs is 3. The largest absolute Gasteiger partial charge is 0.335 e. The fraction of sp³-hybridized carbons (Fsp3) is 0.364. The number of hydrogen-bond acceptors (Lipinski definition) is 4. The summed E-state index contributed by atoms with van der Waals surface area (Å²) in [7, 11) is -2.07. The lowest BCUT2D eigenvalue weighted by molar-refractivity contribution is 0.0742. The number of nitrogens with zero attached hydrogens (tertiary/aromatic N) is 3. The van der Waals surface area contributed by atoms with Gasteiger partial charge in [-0.25, -0.2) is 0 Å². The third-order valence-electron chi connectivity index (χ3n) is 5.78. The fourth-order valence-corrected chi connectivity index (χ4v) is 5.23. The molecule has 2 aromatic rings. The molecular weight excluding hydrogens is 386 g/mol. The van der Waals surface area contributed by atoms with Crippen LogP contribution >= 0.6 is 0 Å². The molecule has 1 unspecified atom stereocenters. The second kappa shape index (κ2) is 7.63. The maximum absolute atomic E-state index is 13.1. The average Bonchev–Trinajstić information content (AvgIpc) is 2.97. The van der Waals surface area contributed by atoms with E-state index in [-0.39, 0.29) is 16.8 Å². The van der Waals surface area contributed by atoms with Gasteiger partial charge < -0.3 is 9.80 Å². The van der Waals surface area contributed by atoms with Gasteiger partial charge in [-0.2, -0.15) is 8.42 Å². The average molecular weight is 412 g/mol. The number of hydrogen-bond donors (Lipinski definition) is 0. The van der Waals surface area contributed by atoms with Crippen molar-refractivity contribution < 1.29 is 13.2 Å². The molecule has 1 saturated heterocycles. The molecule has 2 aromatic carbocycles. The minimum Gasteiger partial charge on any atom is -0.335 e. The Labute approximate surface area is 171 Å². The summed E-state index contributed by atoms with van der Waals surface area (Å²) < 4.78 is 29.7. The highest BCUT2D eigenvalue weighted by Crippen LogP contribution is 2.35. The van der Waals surface area contributed by atoms with Crippen molar-refractivity contribution in [2.45, 2.75) is 43.5 Å². The Morgan fingerprint density at radius 3 is 2.62 bits per heavy atom. The van der Waals surface area contributed by atoms with Gasteiger partial charge in [-0.15, -0.1) is 4.40 Å². The highest BCUT2D eigenvalue weighted by atomic mass is 32.2. The van der Waals surface area contributed by atoms with E-state index in [2.05, 4.69) is 4.40 Å². The Bertz CT molecular complexity index is 1060. The molecular formula is C22H25N3O3S. The Morgan fingerprint density at radius 2 is 1.86 bits per heavy atom. The molecule has 0 aliphatic carbocycles. The second-order valence-corrected chi connectivity index (χ2v) is 9.20. The van der Waals surface area contributed by atoms with Crippen molar-refractivity contribution in [2.24, 2.45) is 4.40 Å². The minimum atomic E-state index is -3.81. The maximum Gasteiger partial charge on any atom is 0.286 e. The van der Waals surface area contributed by atoms with Gasteiger partial charge in [0.05, 0.1) is 11.7 Å². The SMILES string of the molecule is CC(c1ccccc1)N(C)C(=O)c1ccc2c(c1)S(=O)(=O)N=C1CCCCCN12. The molecule has 1 amide bonds. The molecule has 0 spiro atoms. The molecule has 1 fully saturated rings. The molecule has 0 aromatic heterocycles. The van der Waals surface area contributed by atoms with E-state index in [1.807, 2.05) is 42.2 Å². The molecule has 2 heterocycles. The second-order valence-electron chi connectivity index (χ2n) is 7.63. The van der Waals surface area contributed by atoms with Gasteiger partial charge in [0.1, 0.15) is 10.7 Å². The number of amides is 1. The van der Waals surface area contributed by atoms with Gasteiger partial charge in [0.15, 0.2) is 0 Å². The topological polar surface area (TPSA) is 70.0 Å². The molecule has 0 bridgehead atoms. The predicted molar refractivity (Wildman–Crippen MR) is 114 cm³/mol. The third kappa shape index (κ3) is 3.67. The molecule has 7 heteroatoms. The van der Waals surface area contributed by atoms with Crippen LogP contribution in [-0.4, -0.2) is 38.7 Å². The molecule has 29 heavy (non-hydrogen) atoms. The lowest BCUT2D eigenvalue weighted by Gasteiger charge is -2.30. The quantitative estimate of drug-likeness (QED) is 0.765. The van der Waals surface area contributed by atoms with E-state index in [0.717, 1.165) is 31.4 Å². The van der Waals surface area contributed by atoms with E-state index in [9.17, 15) is 13.2 Å².